The number of carboxylic acid groups (broad SMARTS) is 1. The largest absolute Gasteiger partial charge is 0.573 e. The van der Waals surface area contributed by atoms with Crippen molar-refractivity contribution in [2.24, 2.45) is 11.3 Å². The van der Waals surface area contributed by atoms with Crippen molar-refractivity contribution in [3.63, 3.8) is 0 Å². The number of carbonyl (C=O) groups is 3. The van der Waals surface area contributed by atoms with Gasteiger partial charge in [-0.1, -0.05) is 32.9 Å². The van der Waals surface area contributed by atoms with Crippen LogP contribution >= 0.6 is 0 Å². The Morgan fingerprint density at radius 3 is 2.08 bits per heavy atom. The first-order valence-electron chi connectivity index (χ1n) is 12.5. The molecule has 3 amide bonds. The molecule has 4 rings (SSSR count). The van der Waals surface area contributed by atoms with Gasteiger partial charge in [0, 0.05) is 6.54 Å². The molecule has 0 bridgehead atoms. The maximum Gasteiger partial charge on any atom is 0.573 e. The first kappa shape index (κ1) is 27.5. The van der Waals surface area contributed by atoms with Crippen LogP contribution in [0.5, 0.6) is 5.75 Å². The van der Waals surface area contributed by atoms with Crippen molar-refractivity contribution in [3.8, 4) is 5.75 Å². The topological polar surface area (TPSA) is 87.2 Å². The van der Waals surface area contributed by atoms with Crippen molar-refractivity contribution >= 4 is 23.6 Å². The molecule has 10 heteroatoms. The molecule has 2 fully saturated rings. The molecule has 1 N–H and O–H groups in total. The Kier molecular flexibility index (Phi) is 7.20. The molecular weight excluding hydrogens is 501 g/mol. The van der Waals surface area contributed by atoms with E-state index >= 15 is 0 Å². The third-order valence-electron chi connectivity index (χ3n) is 7.74. The van der Waals surface area contributed by atoms with Crippen LogP contribution in [0.15, 0.2) is 48.5 Å². The Labute approximate surface area is 219 Å². The van der Waals surface area contributed by atoms with Crippen molar-refractivity contribution in [2.75, 3.05) is 4.90 Å². The number of halogens is 3. The van der Waals surface area contributed by atoms with Crippen molar-refractivity contribution in [2.45, 2.75) is 71.3 Å². The number of alkyl halides is 3. The number of carboxylic acids is 1. The highest BCUT2D eigenvalue weighted by Crippen LogP contribution is 2.48. The molecule has 1 aliphatic carbocycles. The maximum absolute atomic E-state index is 13.9. The predicted octanol–water partition coefficient (Wildman–Crippen LogP) is 6.62. The van der Waals surface area contributed by atoms with Crippen molar-refractivity contribution < 1.29 is 37.4 Å². The standard InChI is InChI=1S/C28H31F3N2O5/c1-26(2,3)20-12-14-27(15-13-20)16-23(34)33(21-8-10-22(11-9-21)38-28(29,30)31)25(37)32(27)17-18-4-6-19(7-5-18)24(35)36/h4-11,20H,12-17H2,1-3H3,(H,35,36). The number of benzene rings is 2. The third-order valence-corrected chi connectivity index (χ3v) is 7.74. The van der Waals surface area contributed by atoms with Crippen LogP contribution in [0.4, 0.5) is 23.7 Å². The van der Waals surface area contributed by atoms with Gasteiger partial charge in [0.2, 0.25) is 5.91 Å². The summed E-state index contributed by atoms with van der Waals surface area (Å²) in [6, 6.07) is 10.3. The minimum Gasteiger partial charge on any atom is -0.478 e. The van der Waals surface area contributed by atoms with E-state index in [9.17, 15) is 32.7 Å². The van der Waals surface area contributed by atoms with Gasteiger partial charge in [-0.15, -0.1) is 13.2 Å². The van der Waals surface area contributed by atoms with Gasteiger partial charge in [0.1, 0.15) is 5.75 Å². The smallest absolute Gasteiger partial charge is 0.478 e. The zero-order valence-corrected chi connectivity index (χ0v) is 21.5. The van der Waals surface area contributed by atoms with Crippen molar-refractivity contribution in [3.05, 3.63) is 59.7 Å². The Bertz CT molecular complexity index is 1190. The first-order chi connectivity index (χ1) is 17.7. The Hall–Kier alpha value is -3.56. The van der Waals surface area contributed by atoms with E-state index in [0.29, 0.717) is 24.3 Å². The fraction of sp³-hybridized carbons (Fsp3) is 0.464. The molecule has 2 aromatic carbocycles. The number of hydrogen-bond acceptors (Lipinski definition) is 4. The molecule has 2 aromatic rings. The number of hydrogen-bond donors (Lipinski definition) is 1. The van der Waals surface area contributed by atoms with Gasteiger partial charge in [0.25, 0.3) is 0 Å². The molecule has 2 aliphatic rings. The summed E-state index contributed by atoms with van der Waals surface area (Å²) in [4.78, 5) is 41.2. The van der Waals surface area contributed by atoms with Gasteiger partial charge in [-0.2, -0.15) is 0 Å². The van der Waals surface area contributed by atoms with Crippen LogP contribution < -0.4 is 9.64 Å². The van der Waals surface area contributed by atoms with Crippen molar-refractivity contribution in [1.82, 2.24) is 4.90 Å². The van der Waals surface area contributed by atoms with Crippen LogP contribution in [0.1, 0.15) is 68.8 Å². The van der Waals surface area contributed by atoms with Crippen molar-refractivity contribution in [1.29, 1.82) is 0 Å². The number of ether oxygens (including phenoxy) is 1. The van der Waals surface area contributed by atoms with Gasteiger partial charge in [0.15, 0.2) is 0 Å². The SMILES string of the molecule is CC(C)(C)C1CCC2(CC1)CC(=O)N(c1ccc(OC(F)(F)F)cc1)C(=O)N2Cc1ccc(C(=O)O)cc1. The van der Waals surface area contributed by atoms with Crippen LogP contribution in [0.25, 0.3) is 0 Å². The lowest BCUT2D eigenvalue weighted by Gasteiger charge is -2.53. The zero-order chi connectivity index (χ0) is 27.9. The van der Waals surface area contributed by atoms with E-state index in [4.69, 9.17) is 0 Å². The summed E-state index contributed by atoms with van der Waals surface area (Å²) in [5.74, 6) is -1.48. The second-order valence-corrected chi connectivity index (χ2v) is 11.2. The van der Waals surface area contributed by atoms with Crippen LogP contribution in [0.3, 0.4) is 0 Å². The summed E-state index contributed by atoms with van der Waals surface area (Å²) in [6.45, 7) is 6.71. The molecule has 7 nitrogen and oxygen atoms in total. The van der Waals surface area contributed by atoms with Gasteiger partial charge < -0.3 is 14.7 Å². The lowest BCUT2D eigenvalue weighted by Crippen LogP contribution is -2.64. The van der Waals surface area contributed by atoms with Crippen LogP contribution in [-0.2, 0) is 11.3 Å². The minimum atomic E-state index is -4.86. The zero-order valence-electron chi connectivity index (χ0n) is 21.5. The highest BCUT2D eigenvalue weighted by Gasteiger charge is 2.52. The summed E-state index contributed by atoms with van der Waals surface area (Å²) in [5.41, 5.74) is 0.380. The summed E-state index contributed by atoms with van der Waals surface area (Å²) in [5, 5.41) is 9.22. The van der Waals surface area contributed by atoms with Crippen LogP contribution in [0, 0.1) is 11.3 Å². The maximum atomic E-state index is 13.9. The number of anilines is 1. The average molecular weight is 533 g/mol. The molecule has 1 heterocycles. The summed E-state index contributed by atoms with van der Waals surface area (Å²) in [7, 11) is 0. The molecule has 38 heavy (non-hydrogen) atoms. The quantitative estimate of drug-likeness (QED) is 0.468. The predicted molar refractivity (Wildman–Crippen MR) is 134 cm³/mol. The van der Waals surface area contributed by atoms with Gasteiger partial charge in [-0.05, 0) is 79.0 Å². The molecule has 1 aliphatic heterocycles. The number of urea groups is 1. The second-order valence-electron chi connectivity index (χ2n) is 11.2. The van der Waals surface area contributed by atoms with E-state index in [2.05, 4.69) is 25.5 Å². The van der Waals surface area contributed by atoms with Crippen LogP contribution in [0.2, 0.25) is 0 Å². The summed E-state index contributed by atoms with van der Waals surface area (Å²) >= 11 is 0. The number of carbonyl (C=O) groups excluding carboxylic acids is 2. The normalized spacial score (nSPS) is 22.6. The highest BCUT2D eigenvalue weighted by atomic mass is 19.4. The van der Waals surface area contributed by atoms with E-state index < -0.39 is 35.6 Å². The van der Waals surface area contributed by atoms with Gasteiger partial charge >= 0.3 is 18.4 Å². The molecule has 0 aromatic heterocycles. The Morgan fingerprint density at radius 2 is 1.58 bits per heavy atom. The molecule has 1 spiro atoms. The molecule has 204 valence electrons. The van der Waals surface area contributed by atoms with E-state index in [0.717, 1.165) is 29.9 Å². The van der Waals surface area contributed by atoms with Gasteiger partial charge in [-0.25, -0.2) is 14.5 Å². The monoisotopic (exact) mass is 532 g/mol. The van der Waals surface area contributed by atoms with E-state index in [1.165, 1.54) is 24.3 Å². The minimum absolute atomic E-state index is 0.0869. The van der Waals surface area contributed by atoms with E-state index in [1.54, 1.807) is 17.0 Å². The number of nitrogens with zero attached hydrogens (tertiary/aromatic N) is 2. The second kappa shape index (κ2) is 9.96. The number of rotatable bonds is 5. The highest BCUT2D eigenvalue weighted by molar-refractivity contribution is 6.16. The molecule has 0 atom stereocenters. The number of amides is 3. The van der Waals surface area contributed by atoms with Crippen LogP contribution in [-0.4, -0.2) is 39.8 Å². The number of imide groups is 1. The lowest BCUT2D eigenvalue weighted by molar-refractivity contribution is -0.274. The fourth-order valence-electron chi connectivity index (χ4n) is 5.58. The first-order valence-corrected chi connectivity index (χ1v) is 12.5. The average Bonchev–Trinajstić information content (AvgIpc) is 2.82. The summed E-state index contributed by atoms with van der Waals surface area (Å²) < 4.78 is 41.6. The summed E-state index contributed by atoms with van der Waals surface area (Å²) in [6.07, 6.45) is -1.78. The van der Waals surface area contributed by atoms with E-state index in [1.807, 2.05) is 0 Å². The molecule has 1 saturated heterocycles. The number of aromatic carboxylic acids is 1. The lowest BCUT2D eigenvalue weighted by atomic mass is 9.65. The molecule has 0 unspecified atom stereocenters. The van der Waals surface area contributed by atoms with Gasteiger partial charge in [0.05, 0.1) is 23.2 Å². The fourth-order valence-corrected chi connectivity index (χ4v) is 5.58. The Balaban J connectivity index is 1.65. The van der Waals surface area contributed by atoms with Gasteiger partial charge in [-0.3, -0.25) is 4.79 Å². The van der Waals surface area contributed by atoms with E-state index in [-0.39, 0.29) is 29.6 Å². The molecule has 1 saturated carbocycles. The third kappa shape index (κ3) is 5.79. The Morgan fingerprint density at radius 1 is 1.00 bits per heavy atom. The molecule has 0 radical (unpaired) electrons. The molecular formula is C28H31F3N2O5.